The Morgan fingerprint density at radius 2 is 1.93 bits per heavy atom. The molecule has 0 atom stereocenters. The highest BCUT2D eigenvalue weighted by molar-refractivity contribution is 6.05. The largest absolute Gasteiger partial charge is 0.454 e. The molecule has 5 rings (SSSR count). The molecule has 1 spiro atoms. The maximum atomic E-state index is 12.9. The predicted octanol–water partition coefficient (Wildman–Crippen LogP) is 1.98. The van der Waals surface area contributed by atoms with Gasteiger partial charge in [0, 0.05) is 37.5 Å². The van der Waals surface area contributed by atoms with Gasteiger partial charge in [-0.15, -0.1) is 0 Å². The number of aromatic nitrogens is 1. The van der Waals surface area contributed by atoms with Crippen molar-refractivity contribution < 1.29 is 23.6 Å². The summed E-state index contributed by atoms with van der Waals surface area (Å²) in [5, 5.41) is 3.79. The minimum Gasteiger partial charge on any atom is -0.454 e. The van der Waals surface area contributed by atoms with Crippen LogP contribution in [0.15, 0.2) is 28.8 Å². The number of nitrogens with zero attached hydrogens (tertiary/aromatic N) is 3. The van der Waals surface area contributed by atoms with Crippen LogP contribution in [0.2, 0.25) is 0 Å². The number of hydrogen-bond acceptors (Lipinski definition) is 6. The number of carbonyl (C=O) groups excluding carboxylic acids is 2. The molecule has 2 aromatic rings. The molecule has 3 aliphatic heterocycles. The number of benzene rings is 1. The van der Waals surface area contributed by atoms with E-state index in [1.165, 1.54) is 0 Å². The van der Waals surface area contributed by atoms with Gasteiger partial charge in [-0.2, -0.15) is 0 Å². The zero-order chi connectivity index (χ0) is 18.6. The van der Waals surface area contributed by atoms with Crippen molar-refractivity contribution in [3.05, 3.63) is 35.7 Å². The van der Waals surface area contributed by atoms with Crippen molar-refractivity contribution in [2.45, 2.75) is 19.8 Å². The molecule has 0 saturated carbocycles. The van der Waals surface area contributed by atoms with E-state index < -0.39 is 0 Å². The number of amides is 2. The Morgan fingerprint density at radius 3 is 2.63 bits per heavy atom. The quantitative estimate of drug-likeness (QED) is 0.753. The summed E-state index contributed by atoms with van der Waals surface area (Å²) in [4.78, 5) is 28.9. The smallest absolute Gasteiger partial charge is 0.276 e. The number of β-lactam (4-membered cyclic amide) rings is 1. The second-order valence-electron chi connectivity index (χ2n) is 7.32. The third-order valence-electron chi connectivity index (χ3n) is 5.68. The van der Waals surface area contributed by atoms with Crippen LogP contribution in [0.1, 0.15) is 29.1 Å². The SMILES string of the molecule is Cc1cc(C(=O)N2CCC3(CC2)CN(c2ccc4c(c2)OCO4)C3=O)no1. The molecule has 0 radical (unpaired) electrons. The molecule has 2 fully saturated rings. The molecule has 2 saturated heterocycles. The van der Waals surface area contributed by atoms with Crippen molar-refractivity contribution in [1.82, 2.24) is 10.1 Å². The number of fused-ring (bicyclic) bond motifs is 1. The Kier molecular flexibility index (Phi) is 3.43. The van der Waals surface area contributed by atoms with Crippen LogP contribution in [0.3, 0.4) is 0 Å². The fourth-order valence-corrected chi connectivity index (χ4v) is 4.04. The van der Waals surface area contributed by atoms with Crippen molar-refractivity contribution >= 4 is 17.5 Å². The summed E-state index contributed by atoms with van der Waals surface area (Å²) in [6.07, 6.45) is 1.32. The standard InChI is InChI=1S/C19H19N3O5/c1-12-8-14(20-27-12)17(23)21-6-4-19(5-7-21)10-22(18(19)24)13-2-3-15-16(9-13)26-11-25-15/h2-3,8-9H,4-7,10-11H2,1H3. The van der Waals surface area contributed by atoms with E-state index in [2.05, 4.69) is 5.16 Å². The number of aryl methyl sites for hydroxylation is 1. The number of piperidine rings is 1. The molecule has 1 aromatic carbocycles. The maximum absolute atomic E-state index is 12.9. The molecule has 27 heavy (non-hydrogen) atoms. The van der Waals surface area contributed by atoms with E-state index in [0.29, 0.717) is 55.4 Å². The first-order valence-corrected chi connectivity index (χ1v) is 9.00. The van der Waals surface area contributed by atoms with Gasteiger partial charge in [0.05, 0.1) is 5.41 Å². The summed E-state index contributed by atoms with van der Waals surface area (Å²) >= 11 is 0. The molecule has 8 heteroatoms. The van der Waals surface area contributed by atoms with E-state index in [9.17, 15) is 9.59 Å². The van der Waals surface area contributed by atoms with E-state index >= 15 is 0 Å². The fourth-order valence-electron chi connectivity index (χ4n) is 4.04. The van der Waals surface area contributed by atoms with Crippen molar-refractivity contribution in [3.8, 4) is 11.5 Å². The Hall–Kier alpha value is -3.03. The van der Waals surface area contributed by atoms with Crippen molar-refractivity contribution in [2.75, 3.05) is 31.3 Å². The molecule has 140 valence electrons. The Morgan fingerprint density at radius 1 is 1.15 bits per heavy atom. The predicted molar refractivity (Wildman–Crippen MR) is 93.7 cm³/mol. The van der Waals surface area contributed by atoms with Gasteiger partial charge in [-0.25, -0.2) is 0 Å². The summed E-state index contributed by atoms with van der Waals surface area (Å²) in [5.74, 6) is 1.97. The zero-order valence-corrected chi connectivity index (χ0v) is 14.9. The second kappa shape index (κ2) is 5.73. The lowest BCUT2D eigenvalue weighted by Crippen LogP contribution is -2.65. The first-order chi connectivity index (χ1) is 13.1. The lowest BCUT2D eigenvalue weighted by molar-refractivity contribution is -0.138. The molecule has 2 amide bonds. The average molecular weight is 369 g/mol. The third-order valence-corrected chi connectivity index (χ3v) is 5.68. The molecule has 1 aromatic heterocycles. The number of hydrogen-bond donors (Lipinski definition) is 0. The van der Waals surface area contributed by atoms with Gasteiger partial charge in [-0.05, 0) is 31.9 Å². The normalized spacial score (nSPS) is 20.1. The number of ether oxygens (including phenoxy) is 2. The molecule has 0 bridgehead atoms. The fraction of sp³-hybridized carbons (Fsp3) is 0.421. The number of anilines is 1. The van der Waals surface area contributed by atoms with Crippen LogP contribution in [0, 0.1) is 12.3 Å². The Bertz CT molecular complexity index is 929. The van der Waals surface area contributed by atoms with Crippen molar-refractivity contribution in [3.63, 3.8) is 0 Å². The topological polar surface area (TPSA) is 85.1 Å². The van der Waals surface area contributed by atoms with E-state index in [1.807, 2.05) is 18.2 Å². The summed E-state index contributed by atoms with van der Waals surface area (Å²) in [7, 11) is 0. The van der Waals surface area contributed by atoms with Gasteiger partial charge in [-0.1, -0.05) is 5.16 Å². The van der Waals surface area contributed by atoms with Crippen molar-refractivity contribution in [1.29, 1.82) is 0 Å². The van der Waals surface area contributed by atoms with Gasteiger partial charge in [0.25, 0.3) is 5.91 Å². The van der Waals surface area contributed by atoms with Gasteiger partial charge in [0.15, 0.2) is 17.2 Å². The third kappa shape index (κ3) is 2.47. The van der Waals surface area contributed by atoms with Gasteiger partial charge in [0.2, 0.25) is 12.7 Å². The highest BCUT2D eigenvalue weighted by Crippen LogP contribution is 2.46. The van der Waals surface area contributed by atoms with Crippen LogP contribution in [-0.4, -0.2) is 48.3 Å². The van der Waals surface area contributed by atoms with Crippen LogP contribution in [-0.2, 0) is 4.79 Å². The molecule has 8 nitrogen and oxygen atoms in total. The van der Waals surface area contributed by atoms with E-state index in [4.69, 9.17) is 14.0 Å². The van der Waals surface area contributed by atoms with E-state index in [1.54, 1.807) is 22.8 Å². The highest BCUT2D eigenvalue weighted by atomic mass is 16.7. The second-order valence-corrected chi connectivity index (χ2v) is 7.32. The summed E-state index contributed by atoms with van der Waals surface area (Å²) in [6.45, 7) is 3.73. The number of likely N-dealkylation sites (tertiary alicyclic amines) is 1. The van der Waals surface area contributed by atoms with Crippen LogP contribution < -0.4 is 14.4 Å². The first kappa shape index (κ1) is 16.2. The van der Waals surface area contributed by atoms with E-state index in [0.717, 1.165) is 5.69 Å². The summed E-state index contributed by atoms with van der Waals surface area (Å²) in [6, 6.07) is 7.20. The van der Waals surface area contributed by atoms with Gasteiger partial charge in [-0.3, -0.25) is 9.59 Å². The monoisotopic (exact) mass is 369 g/mol. The molecular formula is C19H19N3O5. The summed E-state index contributed by atoms with van der Waals surface area (Å²) < 4.78 is 15.7. The van der Waals surface area contributed by atoms with E-state index in [-0.39, 0.29) is 24.0 Å². The number of rotatable bonds is 2. The Labute approximate surface area is 155 Å². The molecule has 0 aliphatic carbocycles. The first-order valence-electron chi connectivity index (χ1n) is 9.00. The van der Waals surface area contributed by atoms with Gasteiger partial charge in [0.1, 0.15) is 5.76 Å². The van der Waals surface area contributed by atoms with Gasteiger partial charge >= 0.3 is 0 Å². The minimum atomic E-state index is -0.368. The molecule has 0 N–H and O–H groups in total. The molecule has 3 aliphatic rings. The Balaban J connectivity index is 1.25. The van der Waals surface area contributed by atoms with Crippen molar-refractivity contribution in [2.24, 2.45) is 5.41 Å². The molecule has 4 heterocycles. The summed E-state index contributed by atoms with van der Waals surface area (Å²) in [5.41, 5.74) is 0.782. The minimum absolute atomic E-state index is 0.116. The van der Waals surface area contributed by atoms with Crippen LogP contribution in [0.5, 0.6) is 11.5 Å². The van der Waals surface area contributed by atoms with Crippen LogP contribution in [0.4, 0.5) is 5.69 Å². The molecule has 0 unspecified atom stereocenters. The van der Waals surface area contributed by atoms with Gasteiger partial charge < -0.3 is 23.8 Å². The average Bonchev–Trinajstić information content (AvgIpc) is 3.34. The zero-order valence-electron chi connectivity index (χ0n) is 14.9. The maximum Gasteiger partial charge on any atom is 0.276 e. The van der Waals surface area contributed by atoms with Crippen LogP contribution >= 0.6 is 0 Å². The van der Waals surface area contributed by atoms with Crippen LogP contribution in [0.25, 0.3) is 0 Å². The lowest BCUT2D eigenvalue weighted by atomic mass is 9.70. The molecular weight excluding hydrogens is 350 g/mol. The highest BCUT2D eigenvalue weighted by Gasteiger charge is 2.54. The lowest BCUT2D eigenvalue weighted by Gasteiger charge is -2.52. The number of carbonyl (C=O) groups is 2.